The molecular formula is C19H31FIN5O. The number of piperidine rings is 1. The fourth-order valence-electron chi connectivity index (χ4n) is 3.07. The number of amides is 1. The summed E-state index contributed by atoms with van der Waals surface area (Å²) in [7, 11) is 3.37. The van der Waals surface area contributed by atoms with Gasteiger partial charge < -0.3 is 20.9 Å². The Morgan fingerprint density at radius 3 is 2.56 bits per heavy atom. The molecule has 1 saturated heterocycles. The normalized spacial score (nSPS) is 15.7. The van der Waals surface area contributed by atoms with Crippen LogP contribution in [-0.4, -0.2) is 51.6 Å². The highest BCUT2D eigenvalue weighted by Crippen LogP contribution is 2.20. The van der Waals surface area contributed by atoms with Crippen LogP contribution in [0.2, 0.25) is 0 Å². The Hall–Kier alpha value is -1.58. The molecule has 1 aromatic carbocycles. The maximum absolute atomic E-state index is 13.4. The third-order valence-electron chi connectivity index (χ3n) is 4.77. The Labute approximate surface area is 178 Å². The van der Waals surface area contributed by atoms with Crippen molar-refractivity contribution in [3.8, 4) is 0 Å². The van der Waals surface area contributed by atoms with Gasteiger partial charge in [0.1, 0.15) is 5.82 Å². The van der Waals surface area contributed by atoms with E-state index in [4.69, 9.17) is 0 Å². The lowest BCUT2D eigenvalue weighted by Crippen LogP contribution is -2.51. The van der Waals surface area contributed by atoms with Crippen molar-refractivity contribution < 1.29 is 9.18 Å². The smallest absolute Gasteiger partial charge is 0.227 e. The van der Waals surface area contributed by atoms with Gasteiger partial charge in [0.05, 0.1) is 5.41 Å². The molecule has 1 aromatic rings. The molecule has 1 amide bonds. The number of carbonyl (C=O) groups excluding carboxylic acids is 1. The van der Waals surface area contributed by atoms with Crippen molar-refractivity contribution >= 4 is 41.5 Å². The van der Waals surface area contributed by atoms with E-state index < -0.39 is 5.41 Å². The first-order valence-electron chi connectivity index (χ1n) is 9.05. The maximum atomic E-state index is 13.4. The number of halogens is 2. The Morgan fingerprint density at radius 1 is 1.33 bits per heavy atom. The van der Waals surface area contributed by atoms with Crippen molar-refractivity contribution in [1.82, 2.24) is 16.0 Å². The molecule has 0 spiro atoms. The molecule has 0 aromatic heterocycles. The van der Waals surface area contributed by atoms with E-state index in [0.29, 0.717) is 18.5 Å². The molecule has 3 N–H and O–H groups in total. The Bertz CT molecular complexity index is 645. The zero-order valence-corrected chi connectivity index (χ0v) is 18.8. The molecule has 2 rings (SSSR count). The van der Waals surface area contributed by atoms with Crippen LogP contribution in [0.1, 0.15) is 26.7 Å². The summed E-state index contributed by atoms with van der Waals surface area (Å²) in [4.78, 5) is 18.3. The third-order valence-corrected chi connectivity index (χ3v) is 4.77. The van der Waals surface area contributed by atoms with Crippen LogP contribution in [0.15, 0.2) is 29.3 Å². The lowest BCUT2D eigenvalue weighted by Gasteiger charge is -2.35. The summed E-state index contributed by atoms with van der Waals surface area (Å²) in [5.41, 5.74) is 0.408. The van der Waals surface area contributed by atoms with Gasteiger partial charge in [0.15, 0.2) is 5.96 Å². The van der Waals surface area contributed by atoms with E-state index in [1.54, 1.807) is 26.2 Å². The lowest BCUT2D eigenvalue weighted by molar-refractivity contribution is -0.128. The Balaban J connectivity index is 0.00000364. The van der Waals surface area contributed by atoms with Crippen molar-refractivity contribution in [2.75, 3.05) is 38.6 Å². The molecule has 0 atom stereocenters. The fourth-order valence-corrected chi connectivity index (χ4v) is 3.07. The van der Waals surface area contributed by atoms with Crippen LogP contribution < -0.4 is 20.9 Å². The summed E-state index contributed by atoms with van der Waals surface area (Å²) in [6.07, 6.45) is 1.88. The van der Waals surface area contributed by atoms with E-state index in [9.17, 15) is 9.18 Å². The molecule has 152 valence electrons. The molecule has 0 unspecified atom stereocenters. The molecule has 0 aliphatic carbocycles. The van der Waals surface area contributed by atoms with Gasteiger partial charge in [-0.05, 0) is 44.9 Å². The van der Waals surface area contributed by atoms with Gasteiger partial charge in [0.2, 0.25) is 5.91 Å². The minimum Gasteiger partial charge on any atom is -0.371 e. The van der Waals surface area contributed by atoms with Crippen molar-refractivity contribution in [2.45, 2.75) is 32.7 Å². The molecule has 1 fully saturated rings. The van der Waals surface area contributed by atoms with E-state index >= 15 is 0 Å². The molecule has 0 bridgehead atoms. The average Bonchev–Trinajstić information content (AvgIpc) is 2.64. The molecule has 1 aliphatic rings. The molecular weight excluding hydrogens is 460 g/mol. The van der Waals surface area contributed by atoms with Crippen LogP contribution in [0.5, 0.6) is 0 Å². The molecule has 1 heterocycles. The fraction of sp³-hybridized carbons (Fsp3) is 0.579. The van der Waals surface area contributed by atoms with E-state index in [-0.39, 0.29) is 35.7 Å². The second kappa shape index (κ2) is 10.7. The van der Waals surface area contributed by atoms with Gasteiger partial charge in [-0.25, -0.2) is 4.39 Å². The standard InChI is InChI=1S/C19H30FN5O.HI/c1-19(2,17(26)21-3)13-23-18(22-4)24-15-8-10-25(11-9-15)16-7-5-6-14(20)12-16;/h5-7,12,15H,8-11,13H2,1-4H3,(H,21,26)(H2,22,23,24);1H. The van der Waals surface area contributed by atoms with Gasteiger partial charge in [-0.3, -0.25) is 9.79 Å². The largest absolute Gasteiger partial charge is 0.371 e. The van der Waals surface area contributed by atoms with Crippen LogP contribution >= 0.6 is 24.0 Å². The number of hydrogen-bond donors (Lipinski definition) is 3. The van der Waals surface area contributed by atoms with Crippen molar-refractivity contribution in [3.05, 3.63) is 30.1 Å². The zero-order chi connectivity index (χ0) is 19.2. The van der Waals surface area contributed by atoms with Gasteiger partial charge in [-0.2, -0.15) is 0 Å². The summed E-state index contributed by atoms with van der Waals surface area (Å²) < 4.78 is 13.4. The molecule has 6 nitrogen and oxygen atoms in total. The lowest BCUT2D eigenvalue weighted by atomic mass is 9.92. The number of nitrogens with one attached hydrogen (secondary N) is 3. The average molecular weight is 491 g/mol. The first kappa shape index (κ1) is 23.5. The second-order valence-corrected chi connectivity index (χ2v) is 7.27. The van der Waals surface area contributed by atoms with Gasteiger partial charge in [-0.15, -0.1) is 24.0 Å². The summed E-state index contributed by atoms with van der Waals surface area (Å²) in [6.45, 7) is 6.01. The van der Waals surface area contributed by atoms with E-state index in [1.807, 2.05) is 19.9 Å². The maximum Gasteiger partial charge on any atom is 0.227 e. The van der Waals surface area contributed by atoms with Gasteiger partial charge in [0.25, 0.3) is 0 Å². The highest BCUT2D eigenvalue weighted by molar-refractivity contribution is 14.0. The van der Waals surface area contributed by atoms with E-state index in [2.05, 4.69) is 25.8 Å². The predicted molar refractivity (Wildman–Crippen MR) is 119 cm³/mol. The molecule has 0 radical (unpaired) electrons. The van der Waals surface area contributed by atoms with Crippen LogP contribution in [0.3, 0.4) is 0 Å². The molecule has 27 heavy (non-hydrogen) atoms. The monoisotopic (exact) mass is 491 g/mol. The number of carbonyl (C=O) groups is 1. The summed E-state index contributed by atoms with van der Waals surface area (Å²) in [5.74, 6) is 0.487. The Morgan fingerprint density at radius 2 is 2.00 bits per heavy atom. The van der Waals surface area contributed by atoms with E-state index in [1.165, 1.54) is 6.07 Å². The molecule has 8 heteroatoms. The second-order valence-electron chi connectivity index (χ2n) is 7.27. The SMILES string of the molecule is CN=C(NCC(C)(C)C(=O)NC)NC1CCN(c2cccc(F)c2)CC1.I. The van der Waals surface area contributed by atoms with Gasteiger partial charge >= 0.3 is 0 Å². The van der Waals surface area contributed by atoms with Crippen LogP contribution in [0.4, 0.5) is 10.1 Å². The highest BCUT2D eigenvalue weighted by atomic mass is 127. The minimum absolute atomic E-state index is 0. The van der Waals surface area contributed by atoms with Crippen LogP contribution in [-0.2, 0) is 4.79 Å². The Kier molecular flexibility index (Phi) is 9.28. The van der Waals surface area contributed by atoms with Crippen molar-refractivity contribution in [3.63, 3.8) is 0 Å². The van der Waals surface area contributed by atoms with Crippen molar-refractivity contribution in [2.24, 2.45) is 10.4 Å². The summed E-state index contributed by atoms with van der Waals surface area (Å²) in [5, 5.41) is 9.34. The van der Waals surface area contributed by atoms with Gasteiger partial charge in [-0.1, -0.05) is 6.07 Å². The highest BCUT2D eigenvalue weighted by Gasteiger charge is 2.27. The predicted octanol–water partition coefficient (Wildman–Crippen LogP) is 2.35. The number of benzene rings is 1. The molecule has 0 saturated carbocycles. The quantitative estimate of drug-likeness (QED) is 0.336. The van der Waals surface area contributed by atoms with Crippen LogP contribution in [0.25, 0.3) is 0 Å². The topological polar surface area (TPSA) is 68.8 Å². The summed E-state index contributed by atoms with van der Waals surface area (Å²) in [6, 6.07) is 7.03. The van der Waals surface area contributed by atoms with E-state index in [0.717, 1.165) is 31.6 Å². The first-order valence-corrected chi connectivity index (χ1v) is 9.05. The number of nitrogens with zero attached hydrogens (tertiary/aromatic N) is 2. The third kappa shape index (κ3) is 6.82. The van der Waals surface area contributed by atoms with Gasteiger partial charge in [0, 0.05) is 45.5 Å². The number of aliphatic imine (C=N–C) groups is 1. The number of hydrogen-bond acceptors (Lipinski definition) is 3. The number of rotatable bonds is 5. The summed E-state index contributed by atoms with van der Waals surface area (Å²) >= 11 is 0. The number of guanidine groups is 1. The number of anilines is 1. The first-order chi connectivity index (χ1) is 12.4. The molecule has 1 aliphatic heterocycles. The zero-order valence-electron chi connectivity index (χ0n) is 16.5. The minimum atomic E-state index is -0.521. The van der Waals surface area contributed by atoms with Crippen molar-refractivity contribution in [1.29, 1.82) is 0 Å². The van der Waals surface area contributed by atoms with Crippen LogP contribution in [0, 0.1) is 11.2 Å².